The van der Waals surface area contributed by atoms with Crippen molar-refractivity contribution in [1.82, 2.24) is 0 Å². The molecule has 0 aromatic heterocycles. The molecule has 0 saturated carbocycles. The minimum absolute atomic E-state index is 1.13. The van der Waals surface area contributed by atoms with Crippen LogP contribution in [0.3, 0.4) is 0 Å². The maximum absolute atomic E-state index is 8.71. The molecule has 0 aliphatic carbocycles. The molecule has 3 nitrogen and oxygen atoms in total. The molecule has 2 N–H and O–H groups in total. The normalized spacial score (nSPS) is 10.8. The van der Waals surface area contributed by atoms with Gasteiger partial charge in [-0.2, -0.15) is 0 Å². The first-order valence-corrected chi connectivity index (χ1v) is 11.2. The van der Waals surface area contributed by atoms with Crippen LogP contribution in [0.5, 0.6) is 0 Å². The second-order valence-electron chi connectivity index (χ2n) is 3.37. The first-order chi connectivity index (χ1) is 6.20. The van der Waals surface area contributed by atoms with Crippen molar-refractivity contribution >= 4 is 27.5 Å². The third kappa shape index (κ3) is 9.06. The van der Waals surface area contributed by atoms with Crippen molar-refractivity contribution in [2.45, 2.75) is 48.4 Å². The summed E-state index contributed by atoms with van der Waals surface area (Å²) in [5.41, 5.74) is 0. The van der Waals surface area contributed by atoms with Crippen LogP contribution in [0.2, 0.25) is 8.87 Å². The summed E-state index contributed by atoms with van der Waals surface area (Å²) in [7, 11) is -1.52. The van der Waals surface area contributed by atoms with Gasteiger partial charge in [0.15, 0.2) is 0 Å². The van der Waals surface area contributed by atoms with E-state index in [1.165, 1.54) is 25.7 Å². The van der Waals surface area contributed by atoms with Crippen LogP contribution in [0.4, 0.5) is 0 Å². The number of hydrogen-bond acceptors (Lipinski definition) is 3. The molecule has 0 spiro atoms. The van der Waals surface area contributed by atoms with Crippen molar-refractivity contribution < 1.29 is 13.0 Å². The summed E-state index contributed by atoms with van der Waals surface area (Å²) in [5.74, 6) is 0. The van der Waals surface area contributed by atoms with Gasteiger partial charge in [0.1, 0.15) is 0 Å². The van der Waals surface area contributed by atoms with Crippen LogP contribution in [-0.2, 0) is 2.99 Å². The van der Waals surface area contributed by atoms with E-state index >= 15 is 0 Å². The molecule has 0 unspecified atom stereocenters. The SMILES string of the molecule is CCC[CH2][SnH]([CH2]CCC)[O]B(O)O. The van der Waals surface area contributed by atoms with Gasteiger partial charge in [-0.15, -0.1) is 0 Å². The molecule has 78 valence electrons. The predicted molar refractivity (Wildman–Crippen MR) is 57.9 cm³/mol. The van der Waals surface area contributed by atoms with Gasteiger partial charge in [0, 0.05) is 0 Å². The molecule has 0 amide bonds. The zero-order valence-electron chi connectivity index (χ0n) is 8.70. The molecule has 5 heteroatoms. The van der Waals surface area contributed by atoms with E-state index in [-0.39, 0.29) is 0 Å². The third-order valence-corrected chi connectivity index (χ3v) is 9.87. The molecule has 0 aliphatic heterocycles. The van der Waals surface area contributed by atoms with Gasteiger partial charge in [0.05, 0.1) is 0 Å². The molecule has 0 aromatic carbocycles. The average molecular weight is 295 g/mol. The van der Waals surface area contributed by atoms with Gasteiger partial charge in [-0.05, 0) is 0 Å². The van der Waals surface area contributed by atoms with E-state index in [2.05, 4.69) is 13.8 Å². The van der Waals surface area contributed by atoms with E-state index in [0.717, 1.165) is 8.87 Å². The number of unbranched alkanes of at least 4 members (excludes halogenated alkanes) is 2. The Bertz CT molecular complexity index is 106. The van der Waals surface area contributed by atoms with Crippen LogP contribution in [0, 0.1) is 0 Å². The van der Waals surface area contributed by atoms with E-state index in [0.29, 0.717) is 0 Å². The molecule has 0 bridgehead atoms. The molecule has 0 rings (SSSR count). The quantitative estimate of drug-likeness (QED) is 0.664. The van der Waals surface area contributed by atoms with Crippen LogP contribution in [0.15, 0.2) is 0 Å². The molecular formula is C8H21BO3Sn. The fourth-order valence-corrected chi connectivity index (χ4v) is 8.83. The standard InChI is InChI=1S/2C4H9.BH2O3.Sn.H/c2*1-3-4-2;2-1(3)4;;/h2*1,3-4H2,2H3;2-3H;;/q;;-1;+1;. The van der Waals surface area contributed by atoms with Crippen molar-refractivity contribution in [3.8, 4) is 0 Å². The van der Waals surface area contributed by atoms with Gasteiger partial charge in [0.25, 0.3) is 0 Å². The molecule has 13 heavy (non-hydrogen) atoms. The topological polar surface area (TPSA) is 49.7 Å². The number of hydrogen-bond donors (Lipinski definition) is 2. The van der Waals surface area contributed by atoms with Crippen molar-refractivity contribution in [3.05, 3.63) is 0 Å². The van der Waals surface area contributed by atoms with Crippen LogP contribution in [0.25, 0.3) is 0 Å². The van der Waals surface area contributed by atoms with Crippen LogP contribution < -0.4 is 0 Å². The van der Waals surface area contributed by atoms with Crippen molar-refractivity contribution in [2.24, 2.45) is 0 Å². The van der Waals surface area contributed by atoms with E-state index in [1.54, 1.807) is 0 Å². The van der Waals surface area contributed by atoms with Crippen LogP contribution >= 0.6 is 0 Å². The van der Waals surface area contributed by atoms with Gasteiger partial charge in [-0.1, -0.05) is 0 Å². The van der Waals surface area contributed by atoms with Gasteiger partial charge >= 0.3 is 88.9 Å². The van der Waals surface area contributed by atoms with Gasteiger partial charge in [-0.3, -0.25) is 0 Å². The van der Waals surface area contributed by atoms with E-state index in [1.807, 2.05) is 0 Å². The Morgan fingerprint density at radius 1 is 1.08 bits per heavy atom. The summed E-state index contributed by atoms with van der Waals surface area (Å²) < 4.78 is 7.44. The Labute approximate surface area is 89.0 Å². The van der Waals surface area contributed by atoms with Crippen molar-refractivity contribution in [3.63, 3.8) is 0 Å². The van der Waals surface area contributed by atoms with Crippen LogP contribution in [0.1, 0.15) is 39.5 Å². The average Bonchev–Trinajstić information content (AvgIpc) is 2.09. The number of rotatable bonds is 8. The van der Waals surface area contributed by atoms with Gasteiger partial charge in [-0.25, -0.2) is 0 Å². The van der Waals surface area contributed by atoms with Crippen molar-refractivity contribution in [1.29, 1.82) is 0 Å². The zero-order chi connectivity index (χ0) is 10.1. The second kappa shape index (κ2) is 9.30. The molecule has 0 aliphatic rings. The Kier molecular flexibility index (Phi) is 9.84. The fourth-order valence-electron chi connectivity index (χ4n) is 1.32. The first kappa shape index (κ1) is 13.7. The Morgan fingerprint density at radius 2 is 1.54 bits per heavy atom. The Morgan fingerprint density at radius 3 is 1.85 bits per heavy atom. The Hall–Kier alpha value is 0.744. The molecule has 0 radical (unpaired) electrons. The molecule has 0 heterocycles. The molecule has 0 saturated heterocycles. The summed E-state index contributed by atoms with van der Waals surface area (Å²) >= 11 is -2.01. The predicted octanol–water partition coefficient (Wildman–Crippen LogP) is 1.30. The summed E-state index contributed by atoms with van der Waals surface area (Å²) in [6.45, 7) is 4.30. The molecule has 0 fully saturated rings. The van der Waals surface area contributed by atoms with E-state index in [4.69, 9.17) is 13.0 Å². The monoisotopic (exact) mass is 296 g/mol. The summed E-state index contributed by atoms with van der Waals surface area (Å²) in [5, 5.41) is 17.4. The zero-order valence-corrected chi connectivity index (χ0v) is 12.0. The maximum atomic E-state index is 8.71. The van der Waals surface area contributed by atoms with E-state index in [9.17, 15) is 0 Å². The summed E-state index contributed by atoms with van der Waals surface area (Å²) in [4.78, 5) is 0. The van der Waals surface area contributed by atoms with Crippen molar-refractivity contribution in [2.75, 3.05) is 0 Å². The molecular weight excluding hydrogens is 274 g/mol. The Balaban J connectivity index is 3.60. The fraction of sp³-hybridized carbons (Fsp3) is 1.00. The summed E-state index contributed by atoms with van der Waals surface area (Å²) in [6, 6.07) is 0. The van der Waals surface area contributed by atoms with Crippen LogP contribution in [-0.4, -0.2) is 37.5 Å². The summed E-state index contributed by atoms with van der Waals surface area (Å²) in [6.07, 6.45) is 4.70. The second-order valence-corrected chi connectivity index (χ2v) is 11.0. The first-order valence-electron chi connectivity index (χ1n) is 5.22. The minimum atomic E-state index is -2.01. The molecule has 0 atom stereocenters. The molecule has 0 aromatic rings. The van der Waals surface area contributed by atoms with E-state index < -0.39 is 27.5 Å². The third-order valence-electron chi connectivity index (χ3n) is 2.07. The van der Waals surface area contributed by atoms with Gasteiger partial charge < -0.3 is 0 Å². The van der Waals surface area contributed by atoms with Gasteiger partial charge in [0.2, 0.25) is 0 Å².